The number of ether oxygens (including phenoxy) is 1. The number of rotatable bonds is 6. The lowest BCUT2D eigenvalue weighted by Crippen LogP contribution is -2.35. The maximum absolute atomic E-state index is 13.3. The predicted octanol–water partition coefficient (Wildman–Crippen LogP) is 5.68. The van der Waals surface area contributed by atoms with Gasteiger partial charge in [0.15, 0.2) is 5.76 Å². The van der Waals surface area contributed by atoms with Gasteiger partial charge in [-0.15, -0.1) is 11.3 Å². The van der Waals surface area contributed by atoms with Gasteiger partial charge in [0, 0.05) is 34.8 Å². The molecule has 3 heterocycles. The van der Waals surface area contributed by atoms with E-state index in [1.807, 2.05) is 48.2 Å². The van der Waals surface area contributed by atoms with Gasteiger partial charge in [0.2, 0.25) is 0 Å². The summed E-state index contributed by atoms with van der Waals surface area (Å²) in [5, 5.41) is 4.98. The Morgan fingerprint density at radius 2 is 1.94 bits per heavy atom. The van der Waals surface area contributed by atoms with E-state index in [-0.39, 0.29) is 24.2 Å². The van der Waals surface area contributed by atoms with Crippen LogP contribution in [0.4, 0.5) is 5.69 Å². The molecule has 172 valence electrons. The van der Waals surface area contributed by atoms with Crippen LogP contribution in [0.25, 0.3) is 0 Å². The van der Waals surface area contributed by atoms with Gasteiger partial charge in [-0.1, -0.05) is 24.3 Å². The zero-order valence-electron chi connectivity index (χ0n) is 18.7. The first-order chi connectivity index (χ1) is 16.6. The Bertz CT molecular complexity index is 1330. The fourth-order valence-corrected chi connectivity index (χ4v) is 4.99. The first kappa shape index (κ1) is 22.0. The number of furan rings is 1. The molecular formula is C27H24N2O4S. The molecule has 0 bridgehead atoms. The number of nitrogens with zero attached hydrogens (tertiary/aromatic N) is 1. The van der Waals surface area contributed by atoms with Gasteiger partial charge in [0.05, 0.1) is 6.26 Å². The quantitative estimate of drug-likeness (QED) is 0.392. The molecule has 2 aromatic carbocycles. The highest BCUT2D eigenvalue weighted by Gasteiger charge is 2.25. The summed E-state index contributed by atoms with van der Waals surface area (Å²) < 4.78 is 11.2. The summed E-state index contributed by atoms with van der Waals surface area (Å²) in [6.07, 6.45) is 2.35. The molecule has 2 amide bonds. The van der Waals surface area contributed by atoms with Gasteiger partial charge in [0.1, 0.15) is 12.4 Å². The number of benzene rings is 2. The van der Waals surface area contributed by atoms with E-state index in [9.17, 15) is 9.59 Å². The Morgan fingerprint density at radius 3 is 2.79 bits per heavy atom. The van der Waals surface area contributed by atoms with Crippen molar-refractivity contribution in [1.29, 1.82) is 0 Å². The standard InChI is InChI=1S/C27H24N2O4S/c1-18-22(27(31)29-13-10-24-19(16-29)12-15-34-24)8-5-9-23(18)28-26(30)25-20(11-14-32-25)17-33-21-6-3-2-4-7-21/h2-9,11-12,14-15H,10,13,16-17H2,1H3,(H,28,30). The molecule has 0 saturated carbocycles. The molecule has 0 atom stereocenters. The number of carbonyl (C=O) groups excluding carboxylic acids is 2. The maximum Gasteiger partial charge on any atom is 0.291 e. The highest BCUT2D eigenvalue weighted by Crippen LogP contribution is 2.27. The second-order valence-electron chi connectivity index (χ2n) is 8.15. The zero-order valence-corrected chi connectivity index (χ0v) is 19.6. The molecule has 34 heavy (non-hydrogen) atoms. The predicted molar refractivity (Wildman–Crippen MR) is 131 cm³/mol. The fourth-order valence-electron chi connectivity index (χ4n) is 4.10. The third-order valence-electron chi connectivity index (χ3n) is 6.00. The van der Waals surface area contributed by atoms with Crippen molar-refractivity contribution in [2.75, 3.05) is 11.9 Å². The van der Waals surface area contributed by atoms with Crippen molar-refractivity contribution < 1.29 is 18.7 Å². The van der Waals surface area contributed by atoms with Crippen molar-refractivity contribution in [2.45, 2.75) is 26.5 Å². The van der Waals surface area contributed by atoms with E-state index in [0.29, 0.717) is 35.7 Å². The number of fused-ring (bicyclic) bond motifs is 1. The summed E-state index contributed by atoms with van der Waals surface area (Å²) in [4.78, 5) is 29.5. The lowest BCUT2D eigenvalue weighted by atomic mass is 10.0. The topological polar surface area (TPSA) is 71.8 Å². The van der Waals surface area contributed by atoms with Gasteiger partial charge >= 0.3 is 0 Å². The van der Waals surface area contributed by atoms with E-state index < -0.39 is 0 Å². The van der Waals surface area contributed by atoms with Gasteiger partial charge < -0.3 is 19.4 Å². The monoisotopic (exact) mass is 472 g/mol. The van der Waals surface area contributed by atoms with Crippen LogP contribution in [-0.4, -0.2) is 23.3 Å². The molecular weight excluding hydrogens is 448 g/mol. The van der Waals surface area contributed by atoms with Crippen LogP contribution >= 0.6 is 11.3 Å². The van der Waals surface area contributed by atoms with Crippen molar-refractivity contribution in [1.82, 2.24) is 4.90 Å². The molecule has 0 saturated heterocycles. The van der Waals surface area contributed by atoms with Crippen molar-refractivity contribution in [3.63, 3.8) is 0 Å². The smallest absolute Gasteiger partial charge is 0.291 e. The number of hydrogen-bond donors (Lipinski definition) is 1. The van der Waals surface area contributed by atoms with E-state index in [1.165, 1.54) is 16.7 Å². The second-order valence-corrected chi connectivity index (χ2v) is 9.16. The summed E-state index contributed by atoms with van der Waals surface area (Å²) >= 11 is 1.75. The molecule has 1 N–H and O–H groups in total. The van der Waals surface area contributed by atoms with E-state index in [4.69, 9.17) is 9.15 Å². The van der Waals surface area contributed by atoms with Crippen molar-refractivity contribution in [2.24, 2.45) is 0 Å². The van der Waals surface area contributed by atoms with Crippen LogP contribution in [0.2, 0.25) is 0 Å². The highest BCUT2D eigenvalue weighted by atomic mass is 32.1. The molecule has 1 aliphatic rings. The molecule has 0 spiro atoms. The molecule has 0 aliphatic carbocycles. The molecule has 0 unspecified atom stereocenters. The molecule has 0 fully saturated rings. The summed E-state index contributed by atoms with van der Waals surface area (Å²) in [7, 11) is 0. The van der Waals surface area contributed by atoms with Gasteiger partial charge in [0.25, 0.3) is 11.8 Å². The number of amides is 2. The zero-order chi connectivity index (χ0) is 23.5. The second kappa shape index (κ2) is 9.57. The number of hydrogen-bond acceptors (Lipinski definition) is 5. The minimum atomic E-state index is -0.384. The Morgan fingerprint density at radius 1 is 1.09 bits per heavy atom. The molecule has 7 heteroatoms. The van der Waals surface area contributed by atoms with Crippen LogP contribution in [0.15, 0.2) is 76.7 Å². The molecule has 6 nitrogen and oxygen atoms in total. The average molecular weight is 473 g/mol. The van der Waals surface area contributed by atoms with Gasteiger partial charge in [-0.05, 0) is 66.2 Å². The number of carbonyl (C=O) groups is 2. The summed E-state index contributed by atoms with van der Waals surface area (Å²) in [5.74, 6) is 0.489. The van der Waals surface area contributed by atoms with Crippen molar-refractivity contribution >= 4 is 28.8 Å². The molecule has 0 radical (unpaired) electrons. The van der Waals surface area contributed by atoms with Crippen LogP contribution < -0.4 is 10.1 Å². The summed E-state index contributed by atoms with van der Waals surface area (Å²) in [6, 6.07) is 18.6. The van der Waals surface area contributed by atoms with E-state index >= 15 is 0 Å². The van der Waals surface area contributed by atoms with Crippen LogP contribution in [-0.2, 0) is 19.6 Å². The van der Waals surface area contributed by atoms with Gasteiger partial charge in [-0.2, -0.15) is 0 Å². The highest BCUT2D eigenvalue weighted by molar-refractivity contribution is 7.10. The average Bonchev–Trinajstić information content (AvgIpc) is 3.53. The third kappa shape index (κ3) is 4.47. The first-order valence-electron chi connectivity index (χ1n) is 11.1. The minimum Gasteiger partial charge on any atom is -0.489 e. The SMILES string of the molecule is Cc1c(NC(=O)c2occc2COc2ccccc2)cccc1C(=O)N1CCc2sccc2C1. The number of anilines is 1. The largest absolute Gasteiger partial charge is 0.489 e. The lowest BCUT2D eigenvalue weighted by molar-refractivity contribution is 0.0735. The van der Waals surface area contributed by atoms with Crippen LogP contribution in [0.3, 0.4) is 0 Å². The molecule has 2 aromatic heterocycles. The molecule has 1 aliphatic heterocycles. The van der Waals surface area contributed by atoms with Crippen LogP contribution in [0.5, 0.6) is 5.75 Å². The molecule has 4 aromatic rings. The van der Waals surface area contributed by atoms with Gasteiger partial charge in [-0.25, -0.2) is 0 Å². The van der Waals surface area contributed by atoms with Gasteiger partial charge in [-0.3, -0.25) is 9.59 Å². The molecule has 5 rings (SSSR count). The first-order valence-corrected chi connectivity index (χ1v) is 12.0. The Balaban J connectivity index is 1.29. The number of thiophene rings is 1. The Kier molecular flexibility index (Phi) is 6.18. The Hall–Kier alpha value is -3.84. The Labute approximate surface area is 201 Å². The number of nitrogens with one attached hydrogen (secondary N) is 1. The normalized spacial score (nSPS) is 12.8. The third-order valence-corrected chi connectivity index (χ3v) is 7.02. The van der Waals surface area contributed by atoms with E-state index in [2.05, 4.69) is 16.8 Å². The van der Waals surface area contributed by atoms with E-state index in [1.54, 1.807) is 29.5 Å². The number of para-hydroxylation sites is 1. The summed E-state index contributed by atoms with van der Waals surface area (Å²) in [5.41, 5.74) is 3.76. The summed E-state index contributed by atoms with van der Waals surface area (Å²) in [6.45, 7) is 3.37. The van der Waals surface area contributed by atoms with Crippen molar-refractivity contribution in [3.05, 3.63) is 105 Å². The maximum atomic E-state index is 13.3. The van der Waals surface area contributed by atoms with Crippen molar-refractivity contribution in [3.8, 4) is 5.75 Å². The van der Waals surface area contributed by atoms with Crippen LogP contribution in [0.1, 0.15) is 42.5 Å². The van der Waals surface area contributed by atoms with Crippen LogP contribution in [0, 0.1) is 6.92 Å². The minimum absolute atomic E-state index is 0.0274. The van der Waals surface area contributed by atoms with E-state index in [0.717, 1.165) is 12.0 Å². The lowest BCUT2D eigenvalue weighted by Gasteiger charge is -2.28. The fraction of sp³-hybridized carbons (Fsp3) is 0.185.